The number of aliphatic carboxylic acids is 1. The fraction of sp³-hybridized carbons (Fsp3) is 0.953. The van der Waals surface area contributed by atoms with Crippen LogP contribution in [0.1, 0.15) is 239 Å². The number of nitrogens with one attached hydrogen (secondary N) is 2. The van der Waals surface area contributed by atoms with Gasteiger partial charge in [-0.1, -0.05) is 213 Å². The van der Waals surface area contributed by atoms with Gasteiger partial charge in [0, 0.05) is 13.3 Å². The van der Waals surface area contributed by atoms with Gasteiger partial charge in [-0.2, -0.15) is 0 Å². The third-order valence-corrected chi connectivity index (χ3v) is 17.8. The highest BCUT2D eigenvalue weighted by atomic mass is 16.8. The summed E-state index contributed by atoms with van der Waals surface area (Å²) < 4.78 is 34.6. The van der Waals surface area contributed by atoms with Gasteiger partial charge in [-0.3, -0.25) is 9.59 Å². The number of unbranched alkanes of at least 4 members (excludes halogenated alkanes) is 29. The van der Waals surface area contributed by atoms with Crippen LogP contribution >= 0.6 is 0 Å². The Kier molecular flexibility index (Phi) is 41.7. The molecule has 0 aromatic heterocycles. The van der Waals surface area contributed by atoms with E-state index < -0.39 is 173 Å². The van der Waals surface area contributed by atoms with Crippen molar-refractivity contribution in [3.8, 4) is 0 Å². The molecule has 25 heteroatoms. The molecule has 0 aromatic rings. The highest BCUT2D eigenvalue weighted by Crippen LogP contribution is 2.39. The minimum Gasteiger partial charge on any atom is -0.477 e. The third kappa shape index (κ3) is 28.6. The lowest BCUT2D eigenvalue weighted by Crippen LogP contribution is -2.70. The standard InChI is InChI=1S/C64H120N2O23/c1-4-6-8-10-12-14-16-18-19-20-21-22-24-26-28-30-32-34-36-45(72)60(81)66-43(51(75)44(71)35-33-31-29-27-25-23-17-15-13-11-9-7-5-2)41-84-61-55(79)54(78)57(49(40-69)86-61)87-62-56(80)59(53(77)48(39-68)85-62)89-64(63(82)83)37-46(73)50(65-42(3)70)58(88-64)52(76)47(74)38-67/h43-59,61-62,67-69,71-80H,4-41H2,1-3H3,(H,65,70)(H,66,81)(H,82,83)/t43-,44+,45+,46-,47-,48+,49+,50+,51-,52-,53-,54+,55+,56+,57+,58+,59-,61+,62-,64-/m0/s1. The van der Waals surface area contributed by atoms with E-state index in [4.69, 9.17) is 28.4 Å². The first-order chi connectivity index (χ1) is 42.7. The van der Waals surface area contributed by atoms with E-state index >= 15 is 0 Å². The number of hydrogen-bond donors (Lipinski definition) is 16. The SMILES string of the molecule is CCCCCCCCCCCCCCCCCCCC[C@@H](O)C(=O)N[C@@H](CO[C@@H]1O[C@H](CO)[C@@H](O[C@@H]2O[C@H](CO)[C@H](O)[C@H](O[C@]3(C(=O)O)C[C@H](O)[C@@H](NC(C)=O)[C@H]([C@@H](O)[C@@H](O)CO)O3)[C@H]2O)[C@H](O)[C@H]1O)[C@H](O)[C@H](O)CCCCCCCCCCCCCCC. The van der Waals surface area contributed by atoms with E-state index in [-0.39, 0.29) is 12.8 Å². The molecule has 3 aliphatic heterocycles. The van der Waals surface area contributed by atoms with Crippen molar-refractivity contribution in [2.45, 2.75) is 361 Å². The van der Waals surface area contributed by atoms with Crippen LogP contribution in [0.25, 0.3) is 0 Å². The van der Waals surface area contributed by atoms with Crippen molar-refractivity contribution in [1.82, 2.24) is 10.6 Å². The molecule has 20 atom stereocenters. The molecular weight excluding hydrogens is 1160 g/mol. The van der Waals surface area contributed by atoms with Gasteiger partial charge in [-0.05, 0) is 12.8 Å². The molecule has 0 spiro atoms. The van der Waals surface area contributed by atoms with Crippen molar-refractivity contribution < 1.29 is 114 Å². The molecule has 25 nitrogen and oxygen atoms in total. The van der Waals surface area contributed by atoms with Crippen LogP contribution in [0.5, 0.6) is 0 Å². The molecule has 2 amide bonds. The molecule has 3 fully saturated rings. The van der Waals surface area contributed by atoms with E-state index in [1.54, 1.807) is 0 Å². The third-order valence-electron chi connectivity index (χ3n) is 17.8. The minimum absolute atomic E-state index is 0.134. The topological polar surface area (TPSA) is 414 Å². The second-order valence-electron chi connectivity index (χ2n) is 25.3. The van der Waals surface area contributed by atoms with Crippen LogP contribution in [0.3, 0.4) is 0 Å². The van der Waals surface area contributed by atoms with Crippen molar-refractivity contribution >= 4 is 17.8 Å². The van der Waals surface area contributed by atoms with E-state index in [0.717, 1.165) is 64.7 Å². The number of carboxylic acid groups (broad SMARTS) is 1. The van der Waals surface area contributed by atoms with Crippen molar-refractivity contribution in [2.75, 3.05) is 26.4 Å². The van der Waals surface area contributed by atoms with Crippen LogP contribution in [0.4, 0.5) is 0 Å². The first-order valence-electron chi connectivity index (χ1n) is 34.1. The first-order valence-corrected chi connectivity index (χ1v) is 34.1. The zero-order chi connectivity index (χ0) is 65.7. The Morgan fingerprint density at radius 3 is 1.44 bits per heavy atom. The predicted octanol–water partition coefficient (Wildman–Crippen LogP) is 3.28. The van der Waals surface area contributed by atoms with Crippen LogP contribution in [-0.2, 0) is 42.8 Å². The number of aliphatic hydroxyl groups excluding tert-OH is 13. The molecule has 3 aliphatic rings. The number of ether oxygens (including phenoxy) is 6. The van der Waals surface area contributed by atoms with E-state index in [2.05, 4.69) is 24.5 Å². The Balaban J connectivity index is 1.65. The molecule has 3 heterocycles. The van der Waals surface area contributed by atoms with Crippen LogP contribution in [-0.4, -0.2) is 238 Å². The Hall–Kier alpha value is -2.35. The summed E-state index contributed by atoms with van der Waals surface area (Å²) in [5.74, 6) is -6.72. The summed E-state index contributed by atoms with van der Waals surface area (Å²) in [6, 6.07) is -2.99. The van der Waals surface area contributed by atoms with Gasteiger partial charge in [-0.25, -0.2) is 4.79 Å². The smallest absolute Gasteiger partial charge is 0.364 e. The summed E-state index contributed by atoms with van der Waals surface area (Å²) in [7, 11) is 0. The molecule has 0 aromatic carbocycles. The van der Waals surface area contributed by atoms with Crippen molar-refractivity contribution in [3.63, 3.8) is 0 Å². The van der Waals surface area contributed by atoms with Gasteiger partial charge in [0.2, 0.25) is 11.8 Å². The van der Waals surface area contributed by atoms with Gasteiger partial charge in [0.25, 0.3) is 5.79 Å². The van der Waals surface area contributed by atoms with E-state index in [1.165, 1.54) is 128 Å². The number of amides is 2. The fourth-order valence-electron chi connectivity index (χ4n) is 12.2. The van der Waals surface area contributed by atoms with Gasteiger partial charge in [0.05, 0.1) is 50.7 Å². The molecule has 0 saturated carbocycles. The Bertz CT molecular complexity index is 1850. The molecule has 3 rings (SSSR count). The second-order valence-corrected chi connectivity index (χ2v) is 25.3. The summed E-state index contributed by atoms with van der Waals surface area (Å²) in [6.07, 6.45) is 2.49. The minimum atomic E-state index is -3.11. The Labute approximate surface area is 528 Å². The van der Waals surface area contributed by atoms with Gasteiger partial charge < -0.3 is 111 Å². The Morgan fingerprint density at radius 1 is 0.551 bits per heavy atom. The average molecular weight is 1290 g/mol. The molecule has 0 unspecified atom stereocenters. The normalized spacial score (nSPS) is 29.5. The van der Waals surface area contributed by atoms with Crippen LogP contribution in [0.2, 0.25) is 0 Å². The highest BCUT2D eigenvalue weighted by molar-refractivity contribution is 5.80. The quantitative estimate of drug-likeness (QED) is 0.0389. The molecule has 89 heavy (non-hydrogen) atoms. The first kappa shape index (κ1) is 80.9. The maximum atomic E-state index is 13.6. The van der Waals surface area contributed by atoms with Gasteiger partial charge in [0.1, 0.15) is 79.4 Å². The zero-order valence-electron chi connectivity index (χ0n) is 53.8. The summed E-state index contributed by atoms with van der Waals surface area (Å²) in [5.41, 5.74) is 0. The number of rotatable bonds is 51. The van der Waals surface area contributed by atoms with Crippen LogP contribution in [0, 0.1) is 0 Å². The van der Waals surface area contributed by atoms with Crippen LogP contribution < -0.4 is 10.6 Å². The average Bonchev–Trinajstić information content (AvgIpc) is 0.858. The largest absolute Gasteiger partial charge is 0.477 e. The maximum absolute atomic E-state index is 13.6. The van der Waals surface area contributed by atoms with Crippen molar-refractivity contribution in [3.05, 3.63) is 0 Å². The summed E-state index contributed by atoms with van der Waals surface area (Å²) >= 11 is 0. The van der Waals surface area contributed by atoms with Crippen molar-refractivity contribution in [2.24, 2.45) is 0 Å². The fourth-order valence-corrected chi connectivity index (χ4v) is 12.2. The molecule has 0 radical (unpaired) electrons. The summed E-state index contributed by atoms with van der Waals surface area (Å²) in [4.78, 5) is 38.6. The van der Waals surface area contributed by atoms with E-state index in [9.17, 15) is 85.9 Å². The highest BCUT2D eigenvalue weighted by Gasteiger charge is 2.60. The van der Waals surface area contributed by atoms with Crippen LogP contribution in [0.15, 0.2) is 0 Å². The summed E-state index contributed by atoms with van der Waals surface area (Å²) in [6.45, 7) is 1.74. The van der Waals surface area contributed by atoms with Gasteiger partial charge in [-0.15, -0.1) is 0 Å². The molecule has 0 bridgehead atoms. The molecule has 524 valence electrons. The predicted molar refractivity (Wildman–Crippen MR) is 327 cm³/mol. The van der Waals surface area contributed by atoms with Gasteiger partial charge in [0.15, 0.2) is 12.6 Å². The van der Waals surface area contributed by atoms with Crippen molar-refractivity contribution in [1.29, 1.82) is 0 Å². The second kappa shape index (κ2) is 45.9. The number of hydrogen-bond acceptors (Lipinski definition) is 22. The molecule has 0 aliphatic carbocycles. The lowest BCUT2D eigenvalue weighted by molar-refractivity contribution is -0.386. The number of aliphatic hydroxyl groups is 13. The van der Waals surface area contributed by atoms with Gasteiger partial charge >= 0.3 is 5.97 Å². The zero-order valence-corrected chi connectivity index (χ0v) is 53.8. The monoisotopic (exact) mass is 1280 g/mol. The van der Waals surface area contributed by atoms with E-state index in [1.807, 2.05) is 0 Å². The molecule has 3 saturated heterocycles. The number of carbonyl (C=O) groups excluding carboxylic acids is 2. The Morgan fingerprint density at radius 2 is 1.00 bits per heavy atom. The summed E-state index contributed by atoms with van der Waals surface area (Å²) in [5, 5.41) is 158. The number of carboxylic acids is 1. The number of carbonyl (C=O) groups is 3. The molecular formula is C64H120N2O23. The van der Waals surface area contributed by atoms with E-state index in [0.29, 0.717) is 12.8 Å². The maximum Gasteiger partial charge on any atom is 0.364 e. The molecule has 16 N–H and O–H groups in total. The lowest BCUT2D eigenvalue weighted by Gasteiger charge is -2.50. The lowest BCUT2D eigenvalue weighted by atomic mass is 9.88.